The smallest absolute Gasteiger partial charge is 0.266 e. The first-order valence-electron chi connectivity index (χ1n) is 9.78. The van der Waals surface area contributed by atoms with Crippen LogP contribution < -0.4 is 5.32 Å². The van der Waals surface area contributed by atoms with Crippen LogP contribution in [0.2, 0.25) is 0 Å². The van der Waals surface area contributed by atoms with Gasteiger partial charge in [0.25, 0.3) is 5.91 Å². The molecule has 1 aliphatic heterocycles. The fourth-order valence-electron chi connectivity index (χ4n) is 3.08. The summed E-state index contributed by atoms with van der Waals surface area (Å²) < 4.78 is 0.540. The highest BCUT2D eigenvalue weighted by molar-refractivity contribution is 8.26. The van der Waals surface area contributed by atoms with Gasteiger partial charge in [0.2, 0.25) is 5.91 Å². The number of hydrogen-bond acceptors (Lipinski definition) is 4. The molecule has 0 spiro atoms. The zero-order valence-corrected chi connectivity index (χ0v) is 18.7. The van der Waals surface area contributed by atoms with Crippen molar-refractivity contribution in [2.24, 2.45) is 0 Å². The Hall–Kier alpha value is -2.70. The number of para-hydroxylation sites is 1. The van der Waals surface area contributed by atoms with Crippen molar-refractivity contribution < 1.29 is 9.59 Å². The third kappa shape index (κ3) is 5.90. The largest absolute Gasteiger partial charge is 0.326 e. The van der Waals surface area contributed by atoms with Crippen LogP contribution in [-0.2, 0) is 9.59 Å². The first-order valence-corrected chi connectivity index (χ1v) is 11.0. The minimum atomic E-state index is -0.0925. The van der Waals surface area contributed by atoms with Crippen molar-refractivity contribution >= 4 is 51.9 Å². The van der Waals surface area contributed by atoms with E-state index in [4.69, 9.17) is 12.2 Å². The van der Waals surface area contributed by atoms with Gasteiger partial charge in [-0.1, -0.05) is 78.6 Å². The second-order valence-electron chi connectivity index (χ2n) is 7.10. The fraction of sp³-hybridized carbons (Fsp3) is 0.208. The van der Waals surface area contributed by atoms with E-state index in [9.17, 15) is 9.59 Å². The molecule has 1 heterocycles. The molecule has 2 aromatic rings. The van der Waals surface area contributed by atoms with E-state index in [2.05, 4.69) is 5.32 Å². The number of carbonyl (C=O) groups is 2. The molecule has 0 aliphatic carbocycles. The number of rotatable bonds is 7. The number of nitrogens with zero attached hydrogens (tertiary/aromatic N) is 1. The van der Waals surface area contributed by atoms with Crippen LogP contribution >= 0.6 is 24.0 Å². The molecule has 6 heteroatoms. The lowest BCUT2D eigenvalue weighted by molar-refractivity contribution is -0.122. The van der Waals surface area contributed by atoms with Gasteiger partial charge in [0, 0.05) is 18.7 Å². The number of aryl methyl sites for hydroxylation is 1. The maximum absolute atomic E-state index is 12.7. The topological polar surface area (TPSA) is 49.4 Å². The van der Waals surface area contributed by atoms with Gasteiger partial charge < -0.3 is 5.32 Å². The molecule has 4 nitrogen and oxygen atoms in total. The van der Waals surface area contributed by atoms with Gasteiger partial charge in [-0.3, -0.25) is 14.5 Å². The average Bonchev–Trinajstić information content (AvgIpc) is 2.97. The monoisotopic (exact) mass is 436 g/mol. The number of thioether (sulfide) groups is 1. The third-order valence-corrected chi connectivity index (χ3v) is 6.01. The normalized spacial score (nSPS) is 15.7. The molecule has 0 saturated carbocycles. The van der Waals surface area contributed by atoms with Gasteiger partial charge in [-0.05, 0) is 49.1 Å². The number of amides is 2. The van der Waals surface area contributed by atoms with E-state index in [1.165, 1.54) is 11.8 Å². The van der Waals surface area contributed by atoms with E-state index < -0.39 is 0 Å². The van der Waals surface area contributed by atoms with Crippen molar-refractivity contribution in [3.05, 3.63) is 82.3 Å². The molecule has 0 atom stereocenters. The molecular formula is C24H24N2O2S2. The maximum Gasteiger partial charge on any atom is 0.266 e. The minimum absolute atomic E-state index is 0.0630. The van der Waals surface area contributed by atoms with Crippen LogP contribution in [0.1, 0.15) is 30.9 Å². The summed E-state index contributed by atoms with van der Waals surface area (Å²) in [4.78, 5) is 27.2. The van der Waals surface area contributed by atoms with Gasteiger partial charge in [-0.2, -0.15) is 0 Å². The van der Waals surface area contributed by atoms with E-state index >= 15 is 0 Å². The molecule has 1 aliphatic rings. The number of anilines is 1. The number of carbonyl (C=O) groups excluding carboxylic acids is 2. The first-order chi connectivity index (χ1) is 14.4. The number of hydrogen-bond donors (Lipinski definition) is 1. The molecule has 154 valence electrons. The highest BCUT2D eigenvalue weighted by atomic mass is 32.2. The lowest BCUT2D eigenvalue weighted by Gasteiger charge is -2.14. The minimum Gasteiger partial charge on any atom is -0.326 e. The lowest BCUT2D eigenvalue weighted by Crippen LogP contribution is -2.29. The predicted molar refractivity (Wildman–Crippen MR) is 129 cm³/mol. The molecule has 1 saturated heterocycles. The summed E-state index contributed by atoms with van der Waals surface area (Å²) in [7, 11) is 0. The highest BCUT2D eigenvalue weighted by Gasteiger charge is 2.31. The quantitative estimate of drug-likeness (QED) is 0.456. The van der Waals surface area contributed by atoms with E-state index in [0.717, 1.165) is 22.4 Å². The Labute approximate surface area is 187 Å². The van der Waals surface area contributed by atoms with Gasteiger partial charge in [0.15, 0.2) is 0 Å². The van der Waals surface area contributed by atoms with Gasteiger partial charge in [0.05, 0.1) is 4.91 Å². The molecule has 30 heavy (non-hydrogen) atoms. The SMILES string of the molecule is CC(=C\c1ccccc1)/C=C1/SC(=S)N(CCCC(=O)Nc2ccccc2C)C1=O. The Morgan fingerprint density at radius 2 is 1.83 bits per heavy atom. The summed E-state index contributed by atoms with van der Waals surface area (Å²) in [5.41, 5.74) is 3.91. The fourth-order valence-corrected chi connectivity index (χ4v) is 4.44. The number of nitrogens with one attached hydrogen (secondary N) is 1. The number of allylic oxidation sites excluding steroid dienone is 2. The van der Waals surface area contributed by atoms with Crippen LogP contribution in [0.5, 0.6) is 0 Å². The van der Waals surface area contributed by atoms with Crippen LogP contribution in [0.15, 0.2) is 71.2 Å². The molecule has 0 aromatic heterocycles. The van der Waals surface area contributed by atoms with Crippen LogP contribution in [0, 0.1) is 6.92 Å². The first kappa shape index (κ1) is 22.0. The van der Waals surface area contributed by atoms with Crippen molar-refractivity contribution in [3.8, 4) is 0 Å². The van der Waals surface area contributed by atoms with E-state index in [0.29, 0.717) is 28.6 Å². The summed E-state index contributed by atoms with van der Waals surface area (Å²) in [5, 5.41) is 2.92. The van der Waals surface area contributed by atoms with Gasteiger partial charge in [-0.25, -0.2) is 0 Å². The lowest BCUT2D eigenvalue weighted by atomic mass is 10.1. The molecule has 1 N–H and O–H groups in total. The summed E-state index contributed by atoms with van der Waals surface area (Å²) in [5.74, 6) is -0.156. The molecule has 2 amide bonds. The highest BCUT2D eigenvalue weighted by Crippen LogP contribution is 2.32. The van der Waals surface area contributed by atoms with E-state index in [1.807, 2.05) is 80.6 Å². The molecule has 1 fully saturated rings. The Balaban J connectivity index is 1.54. The van der Waals surface area contributed by atoms with Crippen LogP contribution in [-0.4, -0.2) is 27.6 Å². The second kappa shape index (κ2) is 10.4. The maximum atomic E-state index is 12.7. The average molecular weight is 437 g/mol. The Morgan fingerprint density at radius 1 is 1.13 bits per heavy atom. The van der Waals surface area contributed by atoms with Crippen LogP contribution in [0.4, 0.5) is 5.69 Å². The zero-order chi connectivity index (χ0) is 21.5. The number of benzene rings is 2. The third-order valence-electron chi connectivity index (χ3n) is 4.63. The summed E-state index contributed by atoms with van der Waals surface area (Å²) >= 11 is 6.70. The van der Waals surface area contributed by atoms with Gasteiger partial charge in [0.1, 0.15) is 4.32 Å². The molecule has 0 radical (unpaired) electrons. The molecule has 2 aromatic carbocycles. The van der Waals surface area contributed by atoms with Crippen molar-refractivity contribution in [1.82, 2.24) is 4.90 Å². The Kier molecular flexibility index (Phi) is 7.60. The van der Waals surface area contributed by atoms with Gasteiger partial charge >= 0.3 is 0 Å². The van der Waals surface area contributed by atoms with Crippen LogP contribution in [0.25, 0.3) is 6.08 Å². The molecular weight excluding hydrogens is 412 g/mol. The second-order valence-corrected chi connectivity index (χ2v) is 8.77. The van der Waals surface area contributed by atoms with E-state index in [1.54, 1.807) is 4.90 Å². The van der Waals surface area contributed by atoms with Crippen molar-refractivity contribution in [3.63, 3.8) is 0 Å². The Bertz CT molecular complexity index is 1010. The molecule has 0 unspecified atom stereocenters. The zero-order valence-electron chi connectivity index (χ0n) is 17.1. The van der Waals surface area contributed by atoms with Crippen LogP contribution in [0.3, 0.4) is 0 Å². The molecule has 3 rings (SSSR count). The molecule has 0 bridgehead atoms. The summed E-state index contributed by atoms with van der Waals surface area (Å²) in [6.45, 7) is 4.36. The standard InChI is InChI=1S/C24H24N2O2S2/c1-17(15-19-10-4-3-5-11-19)16-21-23(28)26(24(29)30-21)14-8-13-22(27)25-20-12-7-6-9-18(20)2/h3-7,9-12,15-16H,8,13-14H2,1-2H3,(H,25,27)/b17-15+,21-16+. The summed E-state index contributed by atoms with van der Waals surface area (Å²) in [6.07, 6.45) is 4.79. The predicted octanol–water partition coefficient (Wildman–Crippen LogP) is 5.56. The van der Waals surface area contributed by atoms with Crippen molar-refractivity contribution in [2.45, 2.75) is 26.7 Å². The Morgan fingerprint density at radius 3 is 2.57 bits per heavy atom. The van der Waals surface area contributed by atoms with E-state index in [-0.39, 0.29) is 11.8 Å². The van der Waals surface area contributed by atoms with Gasteiger partial charge in [-0.15, -0.1) is 0 Å². The van der Waals surface area contributed by atoms with Crippen molar-refractivity contribution in [1.29, 1.82) is 0 Å². The van der Waals surface area contributed by atoms with Crippen molar-refractivity contribution in [2.75, 3.05) is 11.9 Å². The summed E-state index contributed by atoms with van der Waals surface area (Å²) in [6, 6.07) is 17.6. The number of thiocarbonyl (C=S) groups is 1.